The Balaban J connectivity index is 1.93. The number of nitrogens with zero attached hydrogens (tertiary/aromatic N) is 2. The van der Waals surface area contributed by atoms with Crippen LogP contribution >= 0.6 is 0 Å². The Morgan fingerprint density at radius 3 is 3.10 bits per heavy atom. The van der Waals surface area contributed by atoms with E-state index in [2.05, 4.69) is 29.8 Å². The lowest BCUT2D eigenvalue weighted by Gasteiger charge is -2.35. The molecule has 2 rings (SSSR count). The number of aromatic nitrogens is 1. The van der Waals surface area contributed by atoms with E-state index in [1.54, 1.807) is 0 Å². The minimum Gasteiger partial charge on any atom is -0.481 e. The van der Waals surface area contributed by atoms with E-state index in [1.807, 2.05) is 12.3 Å². The van der Waals surface area contributed by atoms with Gasteiger partial charge in [0.1, 0.15) is 0 Å². The predicted molar refractivity (Wildman–Crippen MR) is 78.4 cm³/mol. The number of likely N-dealkylation sites (tertiary alicyclic amines) is 1. The van der Waals surface area contributed by atoms with Crippen molar-refractivity contribution in [3.63, 3.8) is 0 Å². The second kappa shape index (κ2) is 6.84. The number of hydrogen-bond acceptors (Lipinski definition) is 3. The lowest BCUT2D eigenvalue weighted by atomic mass is 9.84. The fourth-order valence-electron chi connectivity index (χ4n) is 3.04. The number of carboxylic acid groups (broad SMARTS) is 1. The highest BCUT2D eigenvalue weighted by atomic mass is 16.4. The second-order valence-electron chi connectivity index (χ2n) is 5.98. The number of carbonyl (C=O) groups is 1. The molecule has 0 aromatic carbocycles. The summed E-state index contributed by atoms with van der Waals surface area (Å²) in [7, 11) is 0. The van der Waals surface area contributed by atoms with Gasteiger partial charge in [-0.2, -0.15) is 0 Å². The lowest BCUT2D eigenvalue weighted by Crippen LogP contribution is -2.38. The SMILES string of the molecule is Cc1cccnc1CN1CCCC(C(C)CC(=O)O)C1. The summed E-state index contributed by atoms with van der Waals surface area (Å²) in [4.78, 5) is 17.7. The molecule has 0 aliphatic carbocycles. The zero-order valence-electron chi connectivity index (χ0n) is 12.4. The first-order valence-electron chi connectivity index (χ1n) is 7.41. The molecule has 2 heterocycles. The van der Waals surface area contributed by atoms with E-state index in [0.29, 0.717) is 5.92 Å². The van der Waals surface area contributed by atoms with Gasteiger partial charge in [-0.3, -0.25) is 14.7 Å². The maximum Gasteiger partial charge on any atom is 0.303 e. The molecule has 2 atom stereocenters. The van der Waals surface area contributed by atoms with Crippen LogP contribution in [0.15, 0.2) is 18.3 Å². The third kappa shape index (κ3) is 4.04. The number of carboxylic acids is 1. The van der Waals surface area contributed by atoms with Crippen molar-refractivity contribution in [1.82, 2.24) is 9.88 Å². The van der Waals surface area contributed by atoms with Crippen molar-refractivity contribution in [2.75, 3.05) is 13.1 Å². The fraction of sp³-hybridized carbons (Fsp3) is 0.625. The lowest BCUT2D eigenvalue weighted by molar-refractivity contribution is -0.138. The number of rotatable bonds is 5. The van der Waals surface area contributed by atoms with Crippen molar-refractivity contribution in [3.8, 4) is 0 Å². The third-order valence-corrected chi connectivity index (χ3v) is 4.33. The third-order valence-electron chi connectivity index (χ3n) is 4.33. The van der Waals surface area contributed by atoms with E-state index in [4.69, 9.17) is 5.11 Å². The van der Waals surface area contributed by atoms with Crippen molar-refractivity contribution >= 4 is 5.97 Å². The minimum absolute atomic E-state index is 0.250. The first kappa shape index (κ1) is 15.0. The van der Waals surface area contributed by atoms with Crippen LogP contribution in [0.5, 0.6) is 0 Å². The Hall–Kier alpha value is -1.42. The molecule has 1 aliphatic rings. The number of piperidine rings is 1. The molecule has 1 aromatic heterocycles. The zero-order valence-corrected chi connectivity index (χ0v) is 12.4. The molecule has 1 aliphatic heterocycles. The molecular formula is C16H24N2O2. The Kier molecular flexibility index (Phi) is 5.12. The largest absolute Gasteiger partial charge is 0.481 e. The van der Waals surface area contributed by atoms with Crippen molar-refractivity contribution in [3.05, 3.63) is 29.6 Å². The summed E-state index contributed by atoms with van der Waals surface area (Å²) in [6, 6.07) is 4.06. The summed E-state index contributed by atoms with van der Waals surface area (Å²) in [6.07, 6.45) is 4.42. The van der Waals surface area contributed by atoms with Crippen LogP contribution in [-0.2, 0) is 11.3 Å². The number of hydrogen-bond donors (Lipinski definition) is 1. The van der Waals surface area contributed by atoms with Gasteiger partial charge in [0.2, 0.25) is 0 Å². The van der Waals surface area contributed by atoms with Crippen molar-refractivity contribution in [1.29, 1.82) is 0 Å². The summed E-state index contributed by atoms with van der Waals surface area (Å²) in [6.45, 7) is 7.12. The molecule has 1 aromatic rings. The molecule has 4 heteroatoms. The minimum atomic E-state index is -0.685. The van der Waals surface area contributed by atoms with Gasteiger partial charge in [0, 0.05) is 25.7 Å². The molecule has 4 nitrogen and oxygen atoms in total. The fourth-order valence-corrected chi connectivity index (χ4v) is 3.04. The molecule has 0 bridgehead atoms. The van der Waals surface area contributed by atoms with E-state index in [9.17, 15) is 4.79 Å². The molecule has 1 fully saturated rings. The predicted octanol–water partition coefficient (Wildman–Crippen LogP) is 2.71. The van der Waals surface area contributed by atoms with Gasteiger partial charge >= 0.3 is 5.97 Å². The first-order chi connectivity index (χ1) is 9.56. The monoisotopic (exact) mass is 276 g/mol. The van der Waals surface area contributed by atoms with Crippen molar-refractivity contribution in [2.45, 2.75) is 39.7 Å². The van der Waals surface area contributed by atoms with Gasteiger partial charge in [0.15, 0.2) is 0 Å². The van der Waals surface area contributed by atoms with E-state index >= 15 is 0 Å². The normalized spacial score (nSPS) is 21.6. The van der Waals surface area contributed by atoms with Crippen LogP contribution in [0, 0.1) is 18.8 Å². The molecule has 0 amide bonds. The van der Waals surface area contributed by atoms with Gasteiger partial charge in [0.05, 0.1) is 5.69 Å². The summed E-state index contributed by atoms with van der Waals surface area (Å²) in [5, 5.41) is 8.93. The van der Waals surface area contributed by atoms with Crippen LogP contribution in [0.3, 0.4) is 0 Å². The van der Waals surface area contributed by atoms with E-state index in [1.165, 1.54) is 5.56 Å². The van der Waals surface area contributed by atoms with Crippen molar-refractivity contribution in [2.24, 2.45) is 11.8 Å². The molecule has 0 spiro atoms. The molecule has 0 saturated carbocycles. The van der Waals surface area contributed by atoms with Gasteiger partial charge in [-0.05, 0) is 49.8 Å². The molecule has 0 radical (unpaired) electrons. The quantitative estimate of drug-likeness (QED) is 0.898. The topological polar surface area (TPSA) is 53.4 Å². The maximum atomic E-state index is 10.8. The summed E-state index contributed by atoms with van der Waals surface area (Å²) >= 11 is 0. The summed E-state index contributed by atoms with van der Waals surface area (Å²) in [5.41, 5.74) is 2.37. The Labute approximate surface area is 120 Å². The molecular weight excluding hydrogens is 252 g/mol. The Morgan fingerprint density at radius 1 is 1.60 bits per heavy atom. The highest BCUT2D eigenvalue weighted by molar-refractivity contribution is 5.67. The molecule has 1 N–H and O–H groups in total. The number of aryl methyl sites for hydroxylation is 1. The average molecular weight is 276 g/mol. The smallest absolute Gasteiger partial charge is 0.303 e. The first-order valence-corrected chi connectivity index (χ1v) is 7.41. The van der Waals surface area contributed by atoms with Crippen LogP contribution in [0.1, 0.15) is 37.4 Å². The van der Waals surface area contributed by atoms with Gasteiger partial charge in [-0.15, -0.1) is 0 Å². The van der Waals surface area contributed by atoms with Crippen molar-refractivity contribution < 1.29 is 9.90 Å². The van der Waals surface area contributed by atoms with E-state index in [0.717, 1.165) is 38.2 Å². The maximum absolute atomic E-state index is 10.8. The standard InChI is InChI=1S/C16H24N2O2/c1-12-5-3-7-17-15(12)11-18-8-4-6-14(10-18)13(2)9-16(19)20/h3,5,7,13-14H,4,6,8-11H2,1-2H3,(H,19,20). The molecule has 1 saturated heterocycles. The molecule has 110 valence electrons. The highest BCUT2D eigenvalue weighted by Gasteiger charge is 2.26. The Morgan fingerprint density at radius 2 is 2.40 bits per heavy atom. The van der Waals surface area contributed by atoms with E-state index in [-0.39, 0.29) is 12.3 Å². The summed E-state index contributed by atoms with van der Waals surface area (Å²) in [5.74, 6) is 0.0548. The van der Waals surface area contributed by atoms with Crippen LogP contribution in [0.25, 0.3) is 0 Å². The van der Waals surface area contributed by atoms with Crippen LogP contribution in [0.4, 0.5) is 0 Å². The van der Waals surface area contributed by atoms with Crippen LogP contribution in [0.2, 0.25) is 0 Å². The highest BCUT2D eigenvalue weighted by Crippen LogP contribution is 2.27. The van der Waals surface area contributed by atoms with Gasteiger partial charge in [0.25, 0.3) is 0 Å². The van der Waals surface area contributed by atoms with Crippen LogP contribution in [-0.4, -0.2) is 34.0 Å². The Bertz CT molecular complexity index is 462. The van der Waals surface area contributed by atoms with E-state index < -0.39 is 5.97 Å². The van der Waals surface area contributed by atoms with Gasteiger partial charge < -0.3 is 5.11 Å². The van der Waals surface area contributed by atoms with Gasteiger partial charge in [-0.1, -0.05) is 13.0 Å². The van der Waals surface area contributed by atoms with Crippen LogP contribution < -0.4 is 0 Å². The number of pyridine rings is 1. The summed E-state index contributed by atoms with van der Waals surface area (Å²) < 4.78 is 0. The zero-order chi connectivity index (χ0) is 14.5. The average Bonchev–Trinajstić information content (AvgIpc) is 2.41. The number of aliphatic carboxylic acids is 1. The molecule has 20 heavy (non-hydrogen) atoms. The molecule has 2 unspecified atom stereocenters. The second-order valence-corrected chi connectivity index (χ2v) is 5.98. The van der Waals surface area contributed by atoms with Gasteiger partial charge in [-0.25, -0.2) is 0 Å².